The summed E-state index contributed by atoms with van der Waals surface area (Å²) in [5, 5.41) is 3.26. The van der Waals surface area contributed by atoms with Gasteiger partial charge in [0.2, 0.25) is 0 Å². The van der Waals surface area contributed by atoms with Crippen molar-refractivity contribution in [3.05, 3.63) is 0 Å². The normalized spacial score (nSPS) is 26.7. The van der Waals surface area contributed by atoms with Crippen molar-refractivity contribution >= 4 is 9.84 Å². The van der Waals surface area contributed by atoms with Crippen molar-refractivity contribution < 1.29 is 13.2 Å². The summed E-state index contributed by atoms with van der Waals surface area (Å²) in [5.74, 6) is 1.29. The largest absolute Gasteiger partial charge is 0.384 e. The molecule has 2 atom stereocenters. The minimum Gasteiger partial charge on any atom is -0.384 e. The van der Waals surface area contributed by atoms with Gasteiger partial charge in [-0.2, -0.15) is 0 Å². The summed E-state index contributed by atoms with van der Waals surface area (Å²) in [4.78, 5) is 0. The molecule has 1 N–H and O–H groups in total. The van der Waals surface area contributed by atoms with Gasteiger partial charge in [0.1, 0.15) is 0 Å². The fourth-order valence-corrected chi connectivity index (χ4v) is 4.02. The first-order chi connectivity index (χ1) is 7.09. The Morgan fingerprint density at radius 2 is 2.27 bits per heavy atom. The molecule has 15 heavy (non-hydrogen) atoms. The number of rotatable bonds is 6. The van der Waals surface area contributed by atoms with Crippen LogP contribution < -0.4 is 5.32 Å². The summed E-state index contributed by atoms with van der Waals surface area (Å²) in [6, 6.07) is 0. The van der Waals surface area contributed by atoms with E-state index in [0.29, 0.717) is 24.0 Å². The maximum Gasteiger partial charge on any atom is 0.150 e. The van der Waals surface area contributed by atoms with Crippen LogP contribution in [0.1, 0.15) is 13.3 Å². The van der Waals surface area contributed by atoms with Crippen LogP contribution in [0.3, 0.4) is 0 Å². The first-order valence-electron chi connectivity index (χ1n) is 5.49. The zero-order valence-electron chi connectivity index (χ0n) is 9.53. The van der Waals surface area contributed by atoms with Gasteiger partial charge in [-0.3, -0.25) is 0 Å². The van der Waals surface area contributed by atoms with Gasteiger partial charge in [0.15, 0.2) is 9.84 Å². The highest BCUT2D eigenvalue weighted by molar-refractivity contribution is 7.91. The molecule has 1 heterocycles. The smallest absolute Gasteiger partial charge is 0.150 e. The molecule has 0 radical (unpaired) electrons. The van der Waals surface area contributed by atoms with Gasteiger partial charge in [0.25, 0.3) is 0 Å². The molecule has 0 amide bonds. The Kier molecular flexibility index (Phi) is 5.02. The standard InChI is InChI=1S/C10H21NO3S/c1-3-11-6-10(7-14-2)9-4-5-15(12,13)8-9/h9-11H,3-8H2,1-2H3. The molecular weight excluding hydrogens is 214 g/mol. The number of ether oxygens (including phenoxy) is 1. The summed E-state index contributed by atoms with van der Waals surface area (Å²) in [5.41, 5.74) is 0. The Labute approximate surface area is 92.3 Å². The molecule has 5 heteroatoms. The summed E-state index contributed by atoms with van der Waals surface area (Å²) in [6.07, 6.45) is 0.793. The van der Waals surface area contributed by atoms with E-state index >= 15 is 0 Å². The van der Waals surface area contributed by atoms with E-state index in [2.05, 4.69) is 12.2 Å². The van der Waals surface area contributed by atoms with Crippen molar-refractivity contribution in [2.75, 3.05) is 38.3 Å². The highest BCUT2D eigenvalue weighted by atomic mass is 32.2. The van der Waals surface area contributed by atoms with Crippen molar-refractivity contribution in [2.24, 2.45) is 11.8 Å². The van der Waals surface area contributed by atoms with E-state index < -0.39 is 9.84 Å². The highest BCUT2D eigenvalue weighted by Crippen LogP contribution is 2.25. The fraction of sp³-hybridized carbons (Fsp3) is 1.00. The second kappa shape index (κ2) is 5.82. The van der Waals surface area contributed by atoms with Crippen molar-refractivity contribution in [3.63, 3.8) is 0 Å². The molecule has 0 aliphatic carbocycles. The van der Waals surface area contributed by atoms with Gasteiger partial charge in [-0.1, -0.05) is 6.92 Å². The third kappa shape index (κ3) is 4.09. The van der Waals surface area contributed by atoms with E-state index in [1.165, 1.54) is 0 Å². The molecular formula is C10H21NO3S. The minimum atomic E-state index is -2.77. The Morgan fingerprint density at radius 1 is 1.53 bits per heavy atom. The van der Waals surface area contributed by atoms with E-state index in [1.54, 1.807) is 7.11 Å². The van der Waals surface area contributed by atoms with Crippen LogP contribution in [-0.2, 0) is 14.6 Å². The van der Waals surface area contributed by atoms with E-state index in [9.17, 15) is 8.42 Å². The Balaban J connectivity index is 2.49. The van der Waals surface area contributed by atoms with Crippen molar-refractivity contribution in [3.8, 4) is 0 Å². The maximum atomic E-state index is 11.4. The molecule has 1 aliphatic rings. The number of sulfone groups is 1. The number of methoxy groups -OCH3 is 1. The molecule has 0 saturated carbocycles. The van der Waals surface area contributed by atoms with Crippen LogP contribution in [0.5, 0.6) is 0 Å². The molecule has 0 bridgehead atoms. The average Bonchev–Trinajstić information content (AvgIpc) is 2.53. The van der Waals surface area contributed by atoms with Gasteiger partial charge in [-0.05, 0) is 24.8 Å². The molecule has 4 nitrogen and oxygen atoms in total. The quantitative estimate of drug-likeness (QED) is 0.719. The zero-order valence-corrected chi connectivity index (χ0v) is 10.3. The van der Waals surface area contributed by atoms with Crippen molar-refractivity contribution in [2.45, 2.75) is 13.3 Å². The zero-order chi connectivity index (χ0) is 11.3. The van der Waals surface area contributed by atoms with Gasteiger partial charge in [-0.25, -0.2) is 8.42 Å². The lowest BCUT2D eigenvalue weighted by molar-refractivity contribution is 0.125. The van der Waals surface area contributed by atoms with Crippen LogP contribution in [0, 0.1) is 11.8 Å². The van der Waals surface area contributed by atoms with E-state index in [0.717, 1.165) is 19.5 Å². The molecule has 0 spiro atoms. The molecule has 1 aliphatic heterocycles. The van der Waals surface area contributed by atoms with Crippen LogP contribution in [0.2, 0.25) is 0 Å². The predicted octanol–water partition coefficient (Wildman–Crippen LogP) is 0.293. The van der Waals surface area contributed by atoms with Gasteiger partial charge in [0, 0.05) is 13.7 Å². The molecule has 1 rings (SSSR count). The summed E-state index contributed by atoms with van der Waals surface area (Å²) < 4.78 is 27.9. The van der Waals surface area contributed by atoms with Crippen molar-refractivity contribution in [1.29, 1.82) is 0 Å². The Hall–Kier alpha value is -0.130. The first kappa shape index (κ1) is 12.9. The molecule has 90 valence electrons. The van der Waals surface area contributed by atoms with Gasteiger partial charge in [-0.15, -0.1) is 0 Å². The van der Waals surface area contributed by atoms with Crippen LogP contribution in [0.15, 0.2) is 0 Å². The Bertz CT molecular complexity index is 276. The molecule has 0 aromatic rings. The second-order valence-electron chi connectivity index (χ2n) is 4.19. The van der Waals surface area contributed by atoms with Gasteiger partial charge in [0.05, 0.1) is 18.1 Å². The minimum absolute atomic E-state index is 0.272. The lowest BCUT2D eigenvalue weighted by atomic mass is 9.92. The first-order valence-corrected chi connectivity index (χ1v) is 7.31. The Morgan fingerprint density at radius 3 is 2.73 bits per heavy atom. The average molecular weight is 235 g/mol. The SMILES string of the molecule is CCNCC(COC)C1CCS(=O)(=O)C1. The summed E-state index contributed by atoms with van der Waals surface area (Å²) >= 11 is 0. The lowest BCUT2D eigenvalue weighted by Crippen LogP contribution is -2.32. The number of hydrogen-bond acceptors (Lipinski definition) is 4. The van der Waals surface area contributed by atoms with E-state index in [1.807, 2.05) is 0 Å². The van der Waals surface area contributed by atoms with E-state index in [-0.39, 0.29) is 5.92 Å². The highest BCUT2D eigenvalue weighted by Gasteiger charge is 2.33. The van der Waals surface area contributed by atoms with E-state index in [4.69, 9.17) is 4.74 Å². The second-order valence-corrected chi connectivity index (χ2v) is 6.41. The van der Waals surface area contributed by atoms with Crippen LogP contribution in [0.4, 0.5) is 0 Å². The van der Waals surface area contributed by atoms with Gasteiger partial charge >= 0.3 is 0 Å². The number of hydrogen-bond donors (Lipinski definition) is 1. The predicted molar refractivity (Wildman–Crippen MR) is 60.7 cm³/mol. The van der Waals surface area contributed by atoms with Gasteiger partial charge < -0.3 is 10.1 Å². The third-order valence-electron chi connectivity index (χ3n) is 2.97. The third-order valence-corrected chi connectivity index (χ3v) is 4.77. The van der Waals surface area contributed by atoms with Crippen molar-refractivity contribution in [1.82, 2.24) is 5.32 Å². The monoisotopic (exact) mass is 235 g/mol. The molecule has 2 unspecified atom stereocenters. The van der Waals surface area contributed by atoms with Crippen LogP contribution in [0.25, 0.3) is 0 Å². The van der Waals surface area contributed by atoms with Crippen LogP contribution in [-0.4, -0.2) is 46.7 Å². The molecule has 0 aromatic carbocycles. The molecule has 0 aromatic heterocycles. The topological polar surface area (TPSA) is 55.4 Å². The van der Waals surface area contributed by atoms with Crippen LogP contribution >= 0.6 is 0 Å². The molecule has 1 fully saturated rings. The molecule has 1 saturated heterocycles. The number of nitrogens with one attached hydrogen (secondary N) is 1. The summed E-state index contributed by atoms with van der Waals surface area (Å²) in [6.45, 7) is 4.46. The summed E-state index contributed by atoms with van der Waals surface area (Å²) in [7, 11) is -1.10. The maximum absolute atomic E-state index is 11.4. The fourth-order valence-electron chi connectivity index (χ4n) is 2.10. The lowest BCUT2D eigenvalue weighted by Gasteiger charge is -2.21.